The molecule has 2 rings (SSSR count). The Bertz CT molecular complexity index is 531. The van der Waals surface area contributed by atoms with Crippen molar-refractivity contribution in [2.24, 2.45) is 5.41 Å². The van der Waals surface area contributed by atoms with Crippen LogP contribution in [0.4, 0.5) is 0 Å². The summed E-state index contributed by atoms with van der Waals surface area (Å²) >= 11 is 1.34. The maximum Gasteiger partial charge on any atom is 0.250 e. The average Bonchev–Trinajstić information content (AvgIpc) is 3.07. The molecule has 1 heterocycles. The standard InChI is InChI=1S/C14H24N2O2S2/c1-3-14(8-4-5-9-14)11-16-20(17,18)13-7-6-12(19-13)10-15-2/h6-7,15-16H,3-5,8-11H2,1-2H3. The lowest BCUT2D eigenvalue weighted by Gasteiger charge is -2.27. The number of hydrogen-bond acceptors (Lipinski definition) is 4. The molecule has 6 heteroatoms. The second-order valence-corrected chi connectivity index (χ2v) is 8.80. The van der Waals surface area contributed by atoms with Crippen LogP contribution in [0.25, 0.3) is 0 Å². The van der Waals surface area contributed by atoms with Gasteiger partial charge in [-0.25, -0.2) is 13.1 Å². The Morgan fingerprint density at radius 3 is 2.60 bits per heavy atom. The molecule has 0 aliphatic heterocycles. The van der Waals surface area contributed by atoms with Crippen LogP contribution in [0.5, 0.6) is 0 Å². The van der Waals surface area contributed by atoms with E-state index in [1.807, 2.05) is 13.1 Å². The van der Waals surface area contributed by atoms with Crippen molar-refractivity contribution in [3.8, 4) is 0 Å². The molecule has 2 N–H and O–H groups in total. The van der Waals surface area contributed by atoms with Gasteiger partial charge >= 0.3 is 0 Å². The molecule has 0 radical (unpaired) electrons. The molecule has 1 fully saturated rings. The van der Waals surface area contributed by atoms with E-state index in [1.165, 1.54) is 24.2 Å². The van der Waals surface area contributed by atoms with Crippen LogP contribution in [0, 0.1) is 5.41 Å². The highest BCUT2D eigenvalue weighted by molar-refractivity contribution is 7.91. The summed E-state index contributed by atoms with van der Waals surface area (Å²) in [5.74, 6) is 0. The smallest absolute Gasteiger partial charge is 0.250 e. The third kappa shape index (κ3) is 3.61. The lowest BCUT2D eigenvalue weighted by Crippen LogP contribution is -2.35. The van der Waals surface area contributed by atoms with Gasteiger partial charge in [0.1, 0.15) is 4.21 Å². The maximum absolute atomic E-state index is 12.3. The van der Waals surface area contributed by atoms with Crippen molar-refractivity contribution in [2.45, 2.75) is 49.8 Å². The minimum absolute atomic E-state index is 0.179. The summed E-state index contributed by atoms with van der Waals surface area (Å²) in [4.78, 5) is 1.04. The van der Waals surface area contributed by atoms with E-state index in [2.05, 4.69) is 17.0 Å². The second kappa shape index (κ2) is 6.56. The molecule has 0 saturated heterocycles. The first-order valence-electron chi connectivity index (χ1n) is 7.24. The Kier molecular flexibility index (Phi) is 5.23. The Morgan fingerprint density at radius 2 is 2.00 bits per heavy atom. The van der Waals surface area contributed by atoms with E-state index in [1.54, 1.807) is 6.07 Å². The molecule has 0 amide bonds. The SMILES string of the molecule is CCC1(CNS(=O)(=O)c2ccc(CNC)s2)CCCC1. The lowest BCUT2D eigenvalue weighted by atomic mass is 9.84. The quantitative estimate of drug-likeness (QED) is 0.813. The van der Waals surface area contributed by atoms with Gasteiger partial charge in [-0.3, -0.25) is 0 Å². The van der Waals surface area contributed by atoms with E-state index < -0.39 is 10.0 Å². The highest BCUT2D eigenvalue weighted by atomic mass is 32.2. The van der Waals surface area contributed by atoms with Crippen molar-refractivity contribution in [2.75, 3.05) is 13.6 Å². The highest BCUT2D eigenvalue weighted by Gasteiger charge is 2.33. The molecular formula is C14H24N2O2S2. The van der Waals surface area contributed by atoms with E-state index in [4.69, 9.17) is 0 Å². The van der Waals surface area contributed by atoms with E-state index in [9.17, 15) is 8.42 Å². The molecule has 0 aromatic carbocycles. The molecular weight excluding hydrogens is 292 g/mol. The Labute approximate surface area is 126 Å². The summed E-state index contributed by atoms with van der Waals surface area (Å²) in [5.41, 5.74) is 0.179. The minimum atomic E-state index is -3.35. The number of thiophene rings is 1. The molecule has 1 aliphatic carbocycles. The third-order valence-corrected chi connectivity index (χ3v) is 7.28. The zero-order chi connectivity index (χ0) is 14.6. The first-order chi connectivity index (χ1) is 9.51. The first kappa shape index (κ1) is 15.9. The summed E-state index contributed by atoms with van der Waals surface area (Å²) in [6, 6.07) is 3.58. The Balaban J connectivity index is 2.03. The Morgan fingerprint density at radius 1 is 1.30 bits per heavy atom. The van der Waals surface area contributed by atoms with E-state index in [0.29, 0.717) is 17.3 Å². The summed E-state index contributed by atoms with van der Waals surface area (Å²) in [5, 5.41) is 3.04. The van der Waals surface area contributed by atoms with Gasteiger partial charge in [-0.1, -0.05) is 19.8 Å². The molecule has 1 aromatic rings. The van der Waals surface area contributed by atoms with Crippen LogP contribution >= 0.6 is 11.3 Å². The monoisotopic (exact) mass is 316 g/mol. The molecule has 0 bridgehead atoms. The molecule has 1 aliphatic rings. The molecule has 20 heavy (non-hydrogen) atoms. The van der Waals surface area contributed by atoms with Crippen LogP contribution in [-0.4, -0.2) is 22.0 Å². The van der Waals surface area contributed by atoms with Crippen LogP contribution < -0.4 is 10.0 Å². The zero-order valence-corrected chi connectivity index (χ0v) is 13.9. The van der Waals surface area contributed by atoms with Crippen LogP contribution in [0.2, 0.25) is 0 Å². The fourth-order valence-electron chi connectivity index (χ4n) is 2.87. The predicted molar refractivity (Wildman–Crippen MR) is 83.5 cm³/mol. The zero-order valence-electron chi connectivity index (χ0n) is 12.2. The first-order valence-corrected chi connectivity index (χ1v) is 9.54. The summed E-state index contributed by atoms with van der Waals surface area (Å²) in [6.45, 7) is 3.44. The summed E-state index contributed by atoms with van der Waals surface area (Å²) in [7, 11) is -1.49. The van der Waals surface area contributed by atoms with Gasteiger partial charge in [-0.2, -0.15) is 0 Å². The predicted octanol–water partition coefficient (Wildman–Crippen LogP) is 2.72. The number of rotatable bonds is 7. The number of hydrogen-bond donors (Lipinski definition) is 2. The van der Waals surface area contributed by atoms with Crippen molar-refractivity contribution in [1.29, 1.82) is 0 Å². The molecule has 0 atom stereocenters. The second-order valence-electron chi connectivity index (χ2n) is 5.64. The van der Waals surface area contributed by atoms with Crippen molar-refractivity contribution in [3.63, 3.8) is 0 Å². The third-order valence-electron chi connectivity index (χ3n) is 4.30. The average molecular weight is 316 g/mol. The van der Waals surface area contributed by atoms with Gasteiger partial charge in [0.2, 0.25) is 10.0 Å². The highest BCUT2D eigenvalue weighted by Crippen LogP contribution is 2.40. The minimum Gasteiger partial charge on any atom is -0.315 e. The van der Waals surface area contributed by atoms with Crippen LogP contribution in [0.1, 0.15) is 43.9 Å². The Hall–Kier alpha value is -0.430. The van der Waals surface area contributed by atoms with Crippen molar-refractivity contribution >= 4 is 21.4 Å². The van der Waals surface area contributed by atoms with E-state index in [0.717, 1.165) is 24.1 Å². The van der Waals surface area contributed by atoms with E-state index >= 15 is 0 Å². The lowest BCUT2D eigenvalue weighted by molar-refractivity contribution is 0.286. The van der Waals surface area contributed by atoms with Gasteiger partial charge in [0, 0.05) is 18.0 Å². The van der Waals surface area contributed by atoms with Gasteiger partial charge in [0.25, 0.3) is 0 Å². The maximum atomic E-state index is 12.3. The van der Waals surface area contributed by atoms with Crippen molar-refractivity contribution < 1.29 is 8.42 Å². The van der Waals surface area contributed by atoms with Gasteiger partial charge < -0.3 is 5.32 Å². The number of nitrogens with one attached hydrogen (secondary N) is 2. The molecule has 1 aromatic heterocycles. The fourth-order valence-corrected chi connectivity index (χ4v) is 5.44. The molecule has 0 spiro atoms. The molecule has 0 unspecified atom stereocenters. The topological polar surface area (TPSA) is 58.2 Å². The van der Waals surface area contributed by atoms with Gasteiger partial charge in [-0.05, 0) is 43.9 Å². The van der Waals surface area contributed by atoms with Gasteiger partial charge in [0.15, 0.2) is 0 Å². The molecule has 4 nitrogen and oxygen atoms in total. The molecule has 114 valence electrons. The van der Waals surface area contributed by atoms with Gasteiger partial charge in [0.05, 0.1) is 0 Å². The van der Waals surface area contributed by atoms with Gasteiger partial charge in [-0.15, -0.1) is 11.3 Å². The van der Waals surface area contributed by atoms with Crippen LogP contribution in [0.3, 0.4) is 0 Å². The normalized spacial score (nSPS) is 18.5. The van der Waals surface area contributed by atoms with Crippen molar-refractivity contribution in [1.82, 2.24) is 10.0 Å². The fraction of sp³-hybridized carbons (Fsp3) is 0.714. The van der Waals surface area contributed by atoms with E-state index in [-0.39, 0.29) is 5.41 Å². The summed E-state index contributed by atoms with van der Waals surface area (Å²) in [6.07, 6.45) is 5.77. The van der Waals surface area contributed by atoms with Crippen LogP contribution in [0.15, 0.2) is 16.3 Å². The summed E-state index contributed by atoms with van der Waals surface area (Å²) < 4.78 is 27.9. The molecule has 1 saturated carbocycles. The largest absolute Gasteiger partial charge is 0.315 e. The van der Waals surface area contributed by atoms with Crippen molar-refractivity contribution in [3.05, 3.63) is 17.0 Å². The van der Waals surface area contributed by atoms with Crippen LogP contribution in [-0.2, 0) is 16.6 Å². The number of sulfonamides is 1.